The lowest BCUT2D eigenvalue weighted by Crippen LogP contribution is -2.50. The Morgan fingerprint density at radius 2 is 1.65 bits per heavy atom. The molecule has 0 saturated carbocycles. The lowest BCUT2D eigenvalue weighted by molar-refractivity contribution is 0.130. The lowest BCUT2D eigenvalue weighted by atomic mass is 10.1. The first kappa shape index (κ1) is 20.9. The summed E-state index contributed by atoms with van der Waals surface area (Å²) in [6, 6.07) is 24.3. The highest BCUT2D eigenvalue weighted by atomic mass is 16.5. The molecule has 1 amide bonds. The molecule has 2 aromatic carbocycles. The van der Waals surface area contributed by atoms with E-state index in [-0.39, 0.29) is 12.6 Å². The van der Waals surface area contributed by atoms with E-state index >= 15 is 0 Å². The van der Waals surface area contributed by atoms with Crippen LogP contribution in [-0.4, -0.2) is 48.7 Å². The molecule has 0 bridgehead atoms. The van der Waals surface area contributed by atoms with Crippen LogP contribution in [0.5, 0.6) is 0 Å². The second-order valence-corrected chi connectivity index (χ2v) is 7.60. The number of carbonyl (C=O) groups excluding carboxylic acids is 1. The summed E-state index contributed by atoms with van der Waals surface area (Å²) in [5.41, 5.74) is 3.32. The quantitative estimate of drug-likeness (QED) is 0.634. The van der Waals surface area contributed by atoms with Crippen molar-refractivity contribution in [3.63, 3.8) is 0 Å². The number of anilines is 1. The summed E-state index contributed by atoms with van der Waals surface area (Å²) in [4.78, 5) is 21.4. The Labute approximate surface area is 183 Å². The van der Waals surface area contributed by atoms with Crippen molar-refractivity contribution in [3.8, 4) is 0 Å². The van der Waals surface area contributed by atoms with Crippen molar-refractivity contribution >= 4 is 11.8 Å². The van der Waals surface area contributed by atoms with Crippen molar-refractivity contribution < 1.29 is 9.53 Å². The van der Waals surface area contributed by atoms with Gasteiger partial charge in [-0.25, -0.2) is 4.79 Å². The first-order valence-corrected chi connectivity index (χ1v) is 10.7. The number of hydrogen-bond donors (Lipinski definition) is 1. The largest absolute Gasteiger partial charge is 0.445 e. The number of rotatable bonds is 7. The number of pyridine rings is 1. The lowest BCUT2D eigenvalue weighted by Gasteiger charge is -2.40. The number of aromatic nitrogens is 1. The van der Waals surface area contributed by atoms with Gasteiger partial charge in [-0.15, -0.1) is 0 Å². The van der Waals surface area contributed by atoms with Gasteiger partial charge in [0.1, 0.15) is 6.61 Å². The first-order valence-electron chi connectivity index (χ1n) is 10.7. The second kappa shape index (κ2) is 10.6. The highest BCUT2D eigenvalue weighted by Crippen LogP contribution is 2.23. The number of amides is 1. The maximum absolute atomic E-state index is 12.3. The molecule has 1 saturated heterocycles. The van der Waals surface area contributed by atoms with Gasteiger partial charge in [-0.2, -0.15) is 0 Å². The van der Waals surface area contributed by atoms with Crippen LogP contribution in [0.3, 0.4) is 0 Å². The molecule has 1 aliphatic rings. The van der Waals surface area contributed by atoms with Gasteiger partial charge in [-0.3, -0.25) is 9.88 Å². The minimum Gasteiger partial charge on any atom is -0.445 e. The number of ether oxygens (including phenoxy) is 1. The van der Waals surface area contributed by atoms with E-state index in [1.807, 2.05) is 48.7 Å². The number of carbonyl (C=O) groups is 1. The van der Waals surface area contributed by atoms with Crippen LogP contribution in [0.25, 0.3) is 0 Å². The van der Waals surface area contributed by atoms with Gasteiger partial charge in [0.25, 0.3) is 0 Å². The van der Waals surface area contributed by atoms with Crippen LogP contribution in [0.2, 0.25) is 0 Å². The summed E-state index contributed by atoms with van der Waals surface area (Å²) in [7, 11) is 0. The molecular formula is C25H28N4O2. The van der Waals surface area contributed by atoms with Crippen LogP contribution < -0.4 is 10.2 Å². The molecule has 1 N–H and O–H groups in total. The molecule has 1 unspecified atom stereocenters. The van der Waals surface area contributed by atoms with Gasteiger partial charge >= 0.3 is 6.09 Å². The molecule has 160 valence electrons. The molecular weight excluding hydrogens is 388 g/mol. The fourth-order valence-corrected chi connectivity index (χ4v) is 3.92. The number of alkyl carbamates (subject to hydrolysis) is 1. The average Bonchev–Trinajstić information content (AvgIpc) is 2.85. The molecule has 4 rings (SSSR count). The molecule has 0 spiro atoms. The van der Waals surface area contributed by atoms with E-state index in [1.165, 1.54) is 5.69 Å². The van der Waals surface area contributed by atoms with E-state index in [4.69, 9.17) is 4.74 Å². The van der Waals surface area contributed by atoms with Gasteiger partial charge in [0.2, 0.25) is 0 Å². The maximum atomic E-state index is 12.3. The van der Waals surface area contributed by atoms with E-state index in [2.05, 4.69) is 50.4 Å². The van der Waals surface area contributed by atoms with E-state index in [1.54, 1.807) is 6.20 Å². The molecule has 1 aromatic heterocycles. The molecule has 0 aliphatic carbocycles. The fourth-order valence-electron chi connectivity index (χ4n) is 3.92. The summed E-state index contributed by atoms with van der Waals surface area (Å²) >= 11 is 0. The summed E-state index contributed by atoms with van der Waals surface area (Å²) in [5, 5.41) is 2.95. The van der Waals surface area contributed by atoms with Crippen molar-refractivity contribution in [2.45, 2.75) is 12.6 Å². The Morgan fingerprint density at radius 3 is 2.32 bits per heavy atom. The zero-order chi connectivity index (χ0) is 21.3. The highest BCUT2D eigenvalue weighted by Gasteiger charge is 2.26. The predicted molar refractivity (Wildman–Crippen MR) is 122 cm³/mol. The molecule has 31 heavy (non-hydrogen) atoms. The zero-order valence-electron chi connectivity index (χ0n) is 17.6. The molecule has 1 fully saturated rings. The smallest absolute Gasteiger partial charge is 0.407 e. The first-order chi connectivity index (χ1) is 15.3. The van der Waals surface area contributed by atoms with Gasteiger partial charge in [0.15, 0.2) is 0 Å². The third-order valence-electron chi connectivity index (χ3n) is 5.60. The third-order valence-corrected chi connectivity index (χ3v) is 5.60. The molecule has 1 atom stereocenters. The normalized spacial score (nSPS) is 15.3. The Kier molecular flexibility index (Phi) is 7.13. The Morgan fingerprint density at radius 1 is 0.935 bits per heavy atom. The summed E-state index contributed by atoms with van der Waals surface area (Å²) in [5.74, 6) is 0. The number of para-hydroxylation sites is 1. The van der Waals surface area contributed by atoms with Gasteiger partial charge in [0, 0.05) is 50.8 Å². The van der Waals surface area contributed by atoms with Crippen molar-refractivity contribution in [1.29, 1.82) is 0 Å². The van der Waals surface area contributed by atoms with E-state index in [0.717, 1.165) is 37.3 Å². The van der Waals surface area contributed by atoms with Gasteiger partial charge < -0.3 is 15.0 Å². The van der Waals surface area contributed by atoms with E-state index in [9.17, 15) is 4.79 Å². The molecule has 2 heterocycles. The van der Waals surface area contributed by atoms with Crippen molar-refractivity contribution in [3.05, 3.63) is 96.3 Å². The second-order valence-electron chi connectivity index (χ2n) is 7.60. The van der Waals surface area contributed by atoms with E-state index in [0.29, 0.717) is 6.54 Å². The molecule has 1 aliphatic heterocycles. The van der Waals surface area contributed by atoms with Crippen LogP contribution in [-0.2, 0) is 11.3 Å². The van der Waals surface area contributed by atoms with Crippen LogP contribution in [0.4, 0.5) is 10.5 Å². The van der Waals surface area contributed by atoms with Crippen LogP contribution >= 0.6 is 0 Å². The number of benzene rings is 2. The maximum Gasteiger partial charge on any atom is 0.407 e. The molecule has 3 aromatic rings. The number of nitrogens with zero attached hydrogens (tertiary/aromatic N) is 3. The van der Waals surface area contributed by atoms with Gasteiger partial charge in [-0.1, -0.05) is 54.6 Å². The monoisotopic (exact) mass is 416 g/mol. The minimum absolute atomic E-state index is 0.0518. The van der Waals surface area contributed by atoms with Gasteiger partial charge in [-0.05, 0) is 29.3 Å². The molecule has 6 heteroatoms. The van der Waals surface area contributed by atoms with Crippen LogP contribution in [0.15, 0.2) is 85.2 Å². The van der Waals surface area contributed by atoms with Crippen molar-refractivity contribution in [2.24, 2.45) is 0 Å². The number of nitrogens with one attached hydrogen (secondary N) is 1. The van der Waals surface area contributed by atoms with Crippen LogP contribution in [0.1, 0.15) is 17.2 Å². The minimum atomic E-state index is -0.402. The van der Waals surface area contributed by atoms with Gasteiger partial charge in [0.05, 0.1) is 6.04 Å². The van der Waals surface area contributed by atoms with Crippen molar-refractivity contribution in [1.82, 2.24) is 15.2 Å². The Bertz CT molecular complexity index is 930. The summed E-state index contributed by atoms with van der Waals surface area (Å²) < 4.78 is 5.38. The number of hydrogen-bond acceptors (Lipinski definition) is 5. The highest BCUT2D eigenvalue weighted by molar-refractivity contribution is 5.67. The SMILES string of the molecule is O=C(NCC(c1cccnc1)N1CCN(c2ccccc2)CC1)OCc1ccccc1. The molecule has 0 radical (unpaired) electrons. The number of piperazine rings is 1. The Balaban J connectivity index is 1.35. The third kappa shape index (κ3) is 5.83. The van der Waals surface area contributed by atoms with E-state index < -0.39 is 6.09 Å². The molecule has 6 nitrogen and oxygen atoms in total. The average molecular weight is 417 g/mol. The fraction of sp³-hybridized carbons (Fsp3) is 0.280. The standard InChI is InChI=1S/C25H28N4O2/c30-25(31-20-21-8-3-1-4-9-21)27-19-24(22-10-7-13-26-18-22)29-16-14-28(15-17-29)23-11-5-2-6-12-23/h1-13,18,24H,14-17,19-20H2,(H,27,30). The Hall–Kier alpha value is -3.38. The zero-order valence-corrected chi connectivity index (χ0v) is 17.6. The van der Waals surface area contributed by atoms with Crippen LogP contribution in [0, 0.1) is 0 Å². The topological polar surface area (TPSA) is 57.7 Å². The summed E-state index contributed by atoms with van der Waals surface area (Å²) in [6.45, 7) is 4.45. The predicted octanol–water partition coefficient (Wildman–Crippen LogP) is 3.87. The van der Waals surface area contributed by atoms with Crippen molar-refractivity contribution in [2.75, 3.05) is 37.6 Å². The summed E-state index contributed by atoms with van der Waals surface area (Å²) in [6.07, 6.45) is 3.25.